The monoisotopic (exact) mass is 301 g/mol. The second-order valence-electron chi connectivity index (χ2n) is 5.29. The van der Waals surface area contributed by atoms with Crippen LogP contribution in [0.3, 0.4) is 0 Å². The Morgan fingerprint density at radius 3 is 2.68 bits per heavy atom. The van der Waals surface area contributed by atoms with Gasteiger partial charge in [0.15, 0.2) is 0 Å². The smallest absolute Gasteiger partial charge is 0.257 e. The first-order valence-corrected chi connectivity index (χ1v) is 7.29. The summed E-state index contributed by atoms with van der Waals surface area (Å²) in [6.07, 6.45) is 4.86. The quantitative estimate of drug-likeness (QED) is 0.859. The highest BCUT2D eigenvalue weighted by Crippen LogP contribution is 2.13. The highest BCUT2D eigenvalue weighted by molar-refractivity contribution is 5.93. The number of piperazine rings is 1. The van der Waals surface area contributed by atoms with Crippen LogP contribution in [-0.2, 0) is 6.54 Å². The number of hydrogen-bond donors (Lipinski definition) is 0. The third-order valence-corrected chi connectivity index (χ3v) is 3.84. The van der Waals surface area contributed by atoms with E-state index in [2.05, 4.69) is 9.88 Å². The minimum atomic E-state index is 0.0412. The lowest BCUT2D eigenvalue weighted by atomic mass is 10.2. The van der Waals surface area contributed by atoms with Crippen molar-refractivity contribution in [3.8, 4) is 5.88 Å². The van der Waals surface area contributed by atoms with Gasteiger partial charge in [0.25, 0.3) is 5.91 Å². The van der Waals surface area contributed by atoms with E-state index in [1.165, 1.54) is 12.5 Å². The summed E-state index contributed by atoms with van der Waals surface area (Å²) in [4.78, 5) is 20.6. The number of rotatable bonds is 4. The van der Waals surface area contributed by atoms with Gasteiger partial charge < -0.3 is 14.1 Å². The molecule has 6 heteroatoms. The molecule has 3 heterocycles. The summed E-state index contributed by atoms with van der Waals surface area (Å²) in [5, 5.41) is 0. The van der Waals surface area contributed by atoms with E-state index in [0.717, 1.165) is 38.3 Å². The van der Waals surface area contributed by atoms with Gasteiger partial charge in [-0.1, -0.05) is 6.07 Å². The van der Waals surface area contributed by atoms with Crippen LogP contribution < -0.4 is 4.74 Å². The molecular formula is C16H19N3O3. The Kier molecular flexibility index (Phi) is 4.39. The predicted octanol–water partition coefficient (Wildman–Crippen LogP) is 1.64. The van der Waals surface area contributed by atoms with Crippen LogP contribution in [0.5, 0.6) is 5.88 Å². The van der Waals surface area contributed by atoms with Crippen molar-refractivity contribution in [3.05, 3.63) is 48.0 Å². The van der Waals surface area contributed by atoms with Gasteiger partial charge in [0.2, 0.25) is 5.88 Å². The van der Waals surface area contributed by atoms with Crippen molar-refractivity contribution in [2.24, 2.45) is 0 Å². The van der Waals surface area contributed by atoms with E-state index in [-0.39, 0.29) is 5.91 Å². The second kappa shape index (κ2) is 6.62. The maximum absolute atomic E-state index is 12.2. The van der Waals surface area contributed by atoms with Crippen LogP contribution in [0.4, 0.5) is 0 Å². The van der Waals surface area contributed by atoms with E-state index >= 15 is 0 Å². The number of pyridine rings is 1. The molecule has 116 valence electrons. The van der Waals surface area contributed by atoms with Gasteiger partial charge in [-0.25, -0.2) is 4.98 Å². The van der Waals surface area contributed by atoms with Gasteiger partial charge in [-0.05, 0) is 11.6 Å². The molecule has 6 nitrogen and oxygen atoms in total. The lowest BCUT2D eigenvalue weighted by Crippen LogP contribution is -2.48. The number of methoxy groups -OCH3 is 1. The lowest BCUT2D eigenvalue weighted by molar-refractivity contribution is 0.0627. The summed E-state index contributed by atoms with van der Waals surface area (Å²) >= 11 is 0. The molecule has 1 fully saturated rings. The highest BCUT2D eigenvalue weighted by Gasteiger charge is 2.22. The normalized spacial score (nSPS) is 15.8. The molecule has 1 aliphatic heterocycles. The van der Waals surface area contributed by atoms with Crippen LogP contribution in [0.15, 0.2) is 41.3 Å². The molecule has 0 N–H and O–H groups in total. The van der Waals surface area contributed by atoms with Crippen LogP contribution in [0.1, 0.15) is 15.9 Å². The Morgan fingerprint density at radius 1 is 1.27 bits per heavy atom. The minimum Gasteiger partial charge on any atom is -0.481 e. The standard InChI is InChI=1S/C16H19N3O3/c1-21-15-3-2-13(10-17-15)11-18-5-7-19(8-6-18)16(20)14-4-9-22-12-14/h2-4,9-10,12H,5-8,11H2,1H3. The molecule has 3 rings (SSSR count). The molecule has 0 saturated carbocycles. The SMILES string of the molecule is COc1ccc(CN2CCN(C(=O)c3ccoc3)CC2)cn1. The first-order valence-electron chi connectivity index (χ1n) is 7.29. The lowest BCUT2D eigenvalue weighted by Gasteiger charge is -2.34. The molecule has 0 bridgehead atoms. The summed E-state index contributed by atoms with van der Waals surface area (Å²) in [5.41, 5.74) is 1.77. The van der Waals surface area contributed by atoms with Crippen molar-refractivity contribution in [1.82, 2.24) is 14.8 Å². The fraction of sp³-hybridized carbons (Fsp3) is 0.375. The Morgan fingerprint density at radius 2 is 2.09 bits per heavy atom. The third kappa shape index (κ3) is 3.28. The molecule has 0 unspecified atom stereocenters. The first-order chi connectivity index (χ1) is 10.8. The summed E-state index contributed by atoms with van der Waals surface area (Å²) < 4.78 is 10.0. The predicted molar refractivity (Wildman–Crippen MR) is 80.7 cm³/mol. The van der Waals surface area contributed by atoms with Gasteiger partial charge in [0.1, 0.15) is 6.26 Å². The largest absolute Gasteiger partial charge is 0.481 e. The summed E-state index contributed by atoms with van der Waals surface area (Å²) in [6, 6.07) is 5.60. The Labute approximate surface area is 129 Å². The Hall–Kier alpha value is -2.34. The van der Waals surface area contributed by atoms with Crippen molar-refractivity contribution in [2.45, 2.75) is 6.54 Å². The van der Waals surface area contributed by atoms with Gasteiger partial charge >= 0.3 is 0 Å². The van der Waals surface area contributed by atoms with Crippen LogP contribution in [0, 0.1) is 0 Å². The zero-order valence-corrected chi connectivity index (χ0v) is 12.6. The number of hydrogen-bond acceptors (Lipinski definition) is 5. The first kappa shape index (κ1) is 14.6. The van der Waals surface area contributed by atoms with Gasteiger partial charge in [0, 0.05) is 45.0 Å². The van der Waals surface area contributed by atoms with Crippen molar-refractivity contribution >= 4 is 5.91 Å². The van der Waals surface area contributed by atoms with E-state index in [4.69, 9.17) is 9.15 Å². The molecule has 2 aromatic rings. The number of carbonyl (C=O) groups is 1. The highest BCUT2D eigenvalue weighted by atomic mass is 16.5. The number of aromatic nitrogens is 1. The Balaban J connectivity index is 1.52. The van der Waals surface area contributed by atoms with E-state index in [1.54, 1.807) is 13.2 Å². The van der Waals surface area contributed by atoms with E-state index in [1.807, 2.05) is 23.2 Å². The molecular weight excluding hydrogens is 282 g/mol. The fourth-order valence-corrected chi connectivity index (χ4v) is 2.56. The van der Waals surface area contributed by atoms with Gasteiger partial charge in [-0.2, -0.15) is 0 Å². The molecule has 2 aromatic heterocycles. The summed E-state index contributed by atoms with van der Waals surface area (Å²) in [5.74, 6) is 0.666. The molecule has 1 saturated heterocycles. The van der Waals surface area contributed by atoms with E-state index < -0.39 is 0 Å². The number of amides is 1. The topological polar surface area (TPSA) is 58.8 Å². The van der Waals surface area contributed by atoms with Gasteiger partial charge in [-0.3, -0.25) is 9.69 Å². The average Bonchev–Trinajstić information content (AvgIpc) is 3.10. The number of ether oxygens (including phenoxy) is 1. The second-order valence-corrected chi connectivity index (χ2v) is 5.29. The molecule has 0 aromatic carbocycles. The summed E-state index contributed by atoms with van der Waals surface area (Å²) in [7, 11) is 1.61. The molecule has 0 atom stereocenters. The van der Waals surface area contributed by atoms with Crippen molar-refractivity contribution in [3.63, 3.8) is 0 Å². The molecule has 0 aliphatic carbocycles. The van der Waals surface area contributed by atoms with Crippen LogP contribution in [0.25, 0.3) is 0 Å². The van der Waals surface area contributed by atoms with E-state index in [9.17, 15) is 4.79 Å². The Bertz CT molecular complexity index is 602. The molecule has 0 spiro atoms. The number of furan rings is 1. The number of carbonyl (C=O) groups excluding carboxylic acids is 1. The zero-order chi connectivity index (χ0) is 15.4. The molecule has 0 radical (unpaired) electrons. The third-order valence-electron chi connectivity index (χ3n) is 3.84. The van der Waals surface area contributed by atoms with Crippen LogP contribution in [0.2, 0.25) is 0 Å². The van der Waals surface area contributed by atoms with Crippen LogP contribution in [-0.4, -0.2) is 54.0 Å². The number of nitrogens with zero attached hydrogens (tertiary/aromatic N) is 3. The van der Waals surface area contributed by atoms with Crippen molar-refractivity contribution in [1.29, 1.82) is 0 Å². The van der Waals surface area contributed by atoms with Gasteiger partial charge in [-0.15, -0.1) is 0 Å². The van der Waals surface area contributed by atoms with E-state index in [0.29, 0.717) is 11.4 Å². The van der Waals surface area contributed by atoms with Crippen LogP contribution >= 0.6 is 0 Å². The maximum atomic E-state index is 12.2. The van der Waals surface area contributed by atoms with Crippen molar-refractivity contribution in [2.75, 3.05) is 33.3 Å². The molecule has 1 aliphatic rings. The fourth-order valence-electron chi connectivity index (χ4n) is 2.56. The maximum Gasteiger partial charge on any atom is 0.257 e. The zero-order valence-electron chi connectivity index (χ0n) is 12.6. The summed E-state index contributed by atoms with van der Waals surface area (Å²) in [6.45, 7) is 4.01. The average molecular weight is 301 g/mol. The minimum absolute atomic E-state index is 0.0412. The van der Waals surface area contributed by atoms with Gasteiger partial charge in [0.05, 0.1) is 18.9 Å². The molecule has 1 amide bonds. The molecule has 22 heavy (non-hydrogen) atoms. The van der Waals surface area contributed by atoms with Crippen molar-refractivity contribution < 1.29 is 13.9 Å².